The van der Waals surface area contributed by atoms with Gasteiger partial charge in [-0.1, -0.05) is 26.7 Å². The van der Waals surface area contributed by atoms with E-state index in [9.17, 15) is 5.11 Å². The Hall–Kier alpha value is -0.120. The van der Waals surface area contributed by atoms with Crippen molar-refractivity contribution >= 4 is 0 Å². The van der Waals surface area contributed by atoms with Crippen molar-refractivity contribution in [3.8, 4) is 0 Å². The van der Waals surface area contributed by atoms with Crippen LogP contribution in [-0.2, 0) is 9.78 Å². The van der Waals surface area contributed by atoms with Crippen molar-refractivity contribution in [2.24, 2.45) is 0 Å². The molecule has 3 nitrogen and oxygen atoms in total. The minimum Gasteiger partial charge on any atom is -0.363 e. The molecule has 15 heavy (non-hydrogen) atoms. The molecule has 0 aliphatic rings. The second kappa shape index (κ2) is 6.46. The molecule has 0 rings (SSSR count). The van der Waals surface area contributed by atoms with E-state index in [0.29, 0.717) is 12.8 Å². The van der Waals surface area contributed by atoms with Crippen molar-refractivity contribution in [1.82, 2.24) is 0 Å². The number of rotatable bonds is 7. The summed E-state index contributed by atoms with van der Waals surface area (Å²) >= 11 is 0. The Morgan fingerprint density at radius 1 is 1.00 bits per heavy atom. The zero-order valence-electron chi connectivity index (χ0n) is 10.8. The van der Waals surface area contributed by atoms with E-state index >= 15 is 0 Å². The molecule has 92 valence electrons. The van der Waals surface area contributed by atoms with Crippen molar-refractivity contribution in [1.29, 1.82) is 0 Å². The van der Waals surface area contributed by atoms with E-state index in [1.165, 1.54) is 0 Å². The lowest BCUT2D eigenvalue weighted by Crippen LogP contribution is -2.35. The van der Waals surface area contributed by atoms with Gasteiger partial charge in [-0.05, 0) is 27.2 Å². The van der Waals surface area contributed by atoms with Crippen LogP contribution < -0.4 is 0 Å². The zero-order valence-corrected chi connectivity index (χ0v) is 10.8. The van der Waals surface area contributed by atoms with E-state index in [2.05, 4.69) is 6.92 Å². The maximum Gasteiger partial charge on any atom is 0.198 e. The van der Waals surface area contributed by atoms with Crippen molar-refractivity contribution in [2.45, 2.75) is 78.1 Å². The third kappa shape index (κ3) is 7.77. The van der Waals surface area contributed by atoms with Crippen LogP contribution in [-0.4, -0.2) is 16.5 Å². The van der Waals surface area contributed by atoms with Gasteiger partial charge in [-0.15, -0.1) is 0 Å². The van der Waals surface area contributed by atoms with Gasteiger partial charge >= 0.3 is 0 Å². The minimum absolute atomic E-state index is 0.381. The molecular weight excluding hydrogens is 192 g/mol. The summed E-state index contributed by atoms with van der Waals surface area (Å²) in [6, 6.07) is 0. The van der Waals surface area contributed by atoms with Crippen molar-refractivity contribution < 1.29 is 14.9 Å². The number of aliphatic hydroxyl groups is 1. The topological polar surface area (TPSA) is 38.7 Å². The fraction of sp³-hybridized carbons (Fsp3) is 1.00. The lowest BCUT2D eigenvalue weighted by molar-refractivity contribution is -0.454. The van der Waals surface area contributed by atoms with Gasteiger partial charge in [0, 0.05) is 12.8 Å². The molecule has 0 aliphatic heterocycles. The Bertz CT molecular complexity index is 163. The number of hydrogen-bond donors (Lipinski definition) is 1. The van der Waals surface area contributed by atoms with Crippen molar-refractivity contribution in [2.75, 3.05) is 0 Å². The molecule has 0 radical (unpaired) electrons. The first-order valence-corrected chi connectivity index (χ1v) is 5.92. The summed E-state index contributed by atoms with van der Waals surface area (Å²) < 4.78 is 0. The third-order valence-electron chi connectivity index (χ3n) is 2.17. The first-order chi connectivity index (χ1) is 6.83. The van der Waals surface area contributed by atoms with Crippen LogP contribution in [0.3, 0.4) is 0 Å². The van der Waals surface area contributed by atoms with Gasteiger partial charge in [-0.3, -0.25) is 0 Å². The van der Waals surface area contributed by atoms with Crippen molar-refractivity contribution in [3.63, 3.8) is 0 Å². The van der Waals surface area contributed by atoms with E-state index in [1.807, 2.05) is 27.7 Å². The number of unbranched alkanes of at least 4 members (excludes halogenated alkanes) is 2. The van der Waals surface area contributed by atoms with Crippen LogP contribution in [0.5, 0.6) is 0 Å². The summed E-state index contributed by atoms with van der Waals surface area (Å²) in [5.74, 6) is -1.12. The van der Waals surface area contributed by atoms with Crippen LogP contribution in [0.15, 0.2) is 0 Å². The fourth-order valence-electron chi connectivity index (χ4n) is 1.13. The maximum absolute atomic E-state index is 10.1. The highest BCUT2D eigenvalue weighted by atomic mass is 17.2. The molecule has 0 saturated carbocycles. The van der Waals surface area contributed by atoms with Gasteiger partial charge in [0.25, 0.3) is 0 Å². The van der Waals surface area contributed by atoms with Crippen LogP contribution in [0.4, 0.5) is 0 Å². The molecule has 0 saturated heterocycles. The van der Waals surface area contributed by atoms with Gasteiger partial charge in [0.05, 0.1) is 5.60 Å². The standard InChI is InChI=1S/C12H26O3/c1-6-8-9-10-12(13,7-2)15-14-11(3,4)5/h13H,6-10H2,1-5H3. The van der Waals surface area contributed by atoms with E-state index in [0.717, 1.165) is 19.3 Å². The highest BCUT2D eigenvalue weighted by Crippen LogP contribution is 2.23. The molecule has 0 aromatic heterocycles. The molecule has 1 unspecified atom stereocenters. The van der Waals surface area contributed by atoms with Crippen LogP contribution in [0.25, 0.3) is 0 Å². The first-order valence-electron chi connectivity index (χ1n) is 5.92. The average molecular weight is 218 g/mol. The largest absolute Gasteiger partial charge is 0.363 e. The predicted molar refractivity (Wildman–Crippen MR) is 61.3 cm³/mol. The van der Waals surface area contributed by atoms with E-state index in [1.54, 1.807) is 0 Å². The van der Waals surface area contributed by atoms with Crippen LogP contribution >= 0.6 is 0 Å². The van der Waals surface area contributed by atoms with E-state index < -0.39 is 5.79 Å². The summed E-state index contributed by atoms with van der Waals surface area (Å²) in [4.78, 5) is 10.3. The summed E-state index contributed by atoms with van der Waals surface area (Å²) in [7, 11) is 0. The minimum atomic E-state index is -1.12. The Balaban J connectivity index is 3.96. The first kappa shape index (κ1) is 14.9. The van der Waals surface area contributed by atoms with Crippen LogP contribution in [0.2, 0.25) is 0 Å². The molecule has 1 atom stereocenters. The molecule has 0 spiro atoms. The molecule has 0 bridgehead atoms. The van der Waals surface area contributed by atoms with Crippen LogP contribution in [0, 0.1) is 0 Å². The maximum atomic E-state index is 10.1. The van der Waals surface area contributed by atoms with E-state index in [4.69, 9.17) is 9.78 Å². The second-order valence-electron chi connectivity index (χ2n) is 5.04. The third-order valence-corrected chi connectivity index (χ3v) is 2.17. The van der Waals surface area contributed by atoms with Crippen LogP contribution in [0.1, 0.15) is 66.7 Å². The predicted octanol–water partition coefficient (Wildman–Crippen LogP) is 3.41. The van der Waals surface area contributed by atoms with E-state index in [-0.39, 0.29) is 5.60 Å². The highest BCUT2D eigenvalue weighted by molar-refractivity contribution is 4.64. The SMILES string of the molecule is CCCCCC(O)(CC)OOC(C)(C)C. The van der Waals surface area contributed by atoms with Gasteiger partial charge in [0.2, 0.25) is 0 Å². The zero-order chi connectivity index (χ0) is 11.9. The summed E-state index contributed by atoms with van der Waals surface area (Å²) in [6.45, 7) is 9.73. The molecule has 0 aromatic rings. The van der Waals surface area contributed by atoms with Gasteiger partial charge in [-0.25, -0.2) is 9.78 Å². The fourth-order valence-corrected chi connectivity index (χ4v) is 1.13. The summed E-state index contributed by atoms with van der Waals surface area (Å²) in [6.07, 6.45) is 4.40. The molecule has 0 aromatic carbocycles. The molecule has 0 amide bonds. The molecular formula is C12H26O3. The molecule has 3 heteroatoms. The Morgan fingerprint density at radius 3 is 2.00 bits per heavy atom. The molecule has 1 N–H and O–H groups in total. The lowest BCUT2D eigenvalue weighted by atomic mass is 10.1. The summed E-state index contributed by atoms with van der Waals surface area (Å²) in [5, 5.41) is 10.1. The molecule has 0 fully saturated rings. The molecule has 0 aliphatic carbocycles. The lowest BCUT2D eigenvalue weighted by Gasteiger charge is -2.29. The monoisotopic (exact) mass is 218 g/mol. The van der Waals surface area contributed by atoms with Gasteiger partial charge in [0.1, 0.15) is 0 Å². The highest BCUT2D eigenvalue weighted by Gasteiger charge is 2.28. The average Bonchev–Trinajstić information content (AvgIpc) is 2.14. The normalized spacial score (nSPS) is 16.4. The Labute approximate surface area is 93.7 Å². The second-order valence-corrected chi connectivity index (χ2v) is 5.04. The van der Waals surface area contributed by atoms with Gasteiger partial charge in [0.15, 0.2) is 5.79 Å². The van der Waals surface area contributed by atoms with Gasteiger partial charge < -0.3 is 5.11 Å². The van der Waals surface area contributed by atoms with Gasteiger partial charge in [-0.2, -0.15) is 0 Å². The van der Waals surface area contributed by atoms with Crippen molar-refractivity contribution in [3.05, 3.63) is 0 Å². The quantitative estimate of drug-likeness (QED) is 0.308. The Kier molecular flexibility index (Phi) is 6.41. The Morgan fingerprint density at radius 2 is 1.60 bits per heavy atom. The molecule has 0 heterocycles. The smallest absolute Gasteiger partial charge is 0.198 e. The summed E-state index contributed by atoms with van der Waals surface area (Å²) in [5.41, 5.74) is -0.381. The number of hydrogen-bond acceptors (Lipinski definition) is 3.